The average molecular weight is 251 g/mol. The van der Waals surface area contributed by atoms with Crippen molar-refractivity contribution < 1.29 is 9.53 Å². The molecule has 17 heavy (non-hydrogen) atoms. The van der Waals surface area contributed by atoms with Crippen LogP contribution in [-0.2, 0) is 4.74 Å². The number of thioether (sulfide) groups is 1. The van der Waals surface area contributed by atoms with Crippen LogP contribution in [0.1, 0.15) is 18.0 Å². The minimum atomic E-state index is -0.181. The largest absolute Gasteiger partial charge is 0.447 e. The average Bonchev–Trinajstić information content (AvgIpc) is 2.73. The molecule has 1 fully saturated rings. The van der Waals surface area contributed by atoms with Gasteiger partial charge in [0.2, 0.25) is 0 Å². The smallest absolute Gasteiger partial charge is 0.410 e. The lowest BCUT2D eigenvalue weighted by Gasteiger charge is -2.21. The second-order valence-corrected chi connectivity index (χ2v) is 5.03. The van der Waals surface area contributed by atoms with Gasteiger partial charge in [0.25, 0.3) is 0 Å². The van der Waals surface area contributed by atoms with Crippen LogP contribution in [0.2, 0.25) is 0 Å². The van der Waals surface area contributed by atoms with Crippen LogP contribution < -0.4 is 0 Å². The van der Waals surface area contributed by atoms with E-state index in [0.29, 0.717) is 6.61 Å². The number of cyclic esters (lactones) is 1. The first-order valence-electron chi connectivity index (χ1n) is 5.80. The van der Waals surface area contributed by atoms with Crippen LogP contribution in [0.5, 0.6) is 0 Å². The summed E-state index contributed by atoms with van der Waals surface area (Å²) in [6.07, 6.45) is 2.91. The molecule has 1 aliphatic heterocycles. The lowest BCUT2D eigenvalue weighted by molar-refractivity contribution is 0.158. The number of hydrogen-bond donors (Lipinski definition) is 0. The molecule has 0 bridgehead atoms. The van der Waals surface area contributed by atoms with E-state index in [4.69, 9.17) is 4.74 Å². The molecule has 0 spiro atoms. The first kappa shape index (κ1) is 12.3. The summed E-state index contributed by atoms with van der Waals surface area (Å²) in [7, 11) is 0. The number of nitrogens with zero attached hydrogens (tertiary/aromatic N) is 1. The molecule has 0 aromatic heterocycles. The molecule has 0 unspecified atom stereocenters. The summed E-state index contributed by atoms with van der Waals surface area (Å²) in [4.78, 5) is 13.5. The van der Waals surface area contributed by atoms with Gasteiger partial charge in [0.15, 0.2) is 0 Å². The zero-order valence-electron chi connectivity index (χ0n) is 9.96. The highest BCUT2D eigenvalue weighted by atomic mass is 32.2. The van der Waals surface area contributed by atoms with Gasteiger partial charge in [-0.3, -0.25) is 4.90 Å². The maximum absolute atomic E-state index is 11.6. The predicted octanol–water partition coefficient (Wildman–Crippen LogP) is 2.93. The maximum atomic E-state index is 11.6. The summed E-state index contributed by atoms with van der Waals surface area (Å²) in [5.74, 6) is 1.07. The Bertz CT molecular complexity index is 369. The summed E-state index contributed by atoms with van der Waals surface area (Å²) in [6, 6.07) is 10.2. The highest BCUT2D eigenvalue weighted by molar-refractivity contribution is 7.98. The van der Waals surface area contributed by atoms with Crippen LogP contribution in [0.3, 0.4) is 0 Å². The van der Waals surface area contributed by atoms with Gasteiger partial charge >= 0.3 is 6.09 Å². The molecule has 0 N–H and O–H groups in total. The number of hydrogen-bond acceptors (Lipinski definition) is 3. The van der Waals surface area contributed by atoms with Crippen LogP contribution in [0.4, 0.5) is 4.79 Å². The second-order valence-electron chi connectivity index (χ2n) is 4.04. The molecule has 1 aromatic rings. The number of carbonyl (C=O) groups is 1. The van der Waals surface area contributed by atoms with Gasteiger partial charge in [-0.25, -0.2) is 4.79 Å². The van der Waals surface area contributed by atoms with Gasteiger partial charge in [0.1, 0.15) is 6.61 Å². The molecule has 0 saturated carbocycles. The Hall–Kier alpha value is -1.16. The van der Waals surface area contributed by atoms with E-state index in [9.17, 15) is 4.79 Å². The van der Waals surface area contributed by atoms with E-state index in [2.05, 4.69) is 6.26 Å². The third kappa shape index (κ3) is 2.94. The molecule has 2 rings (SSSR count). The Balaban J connectivity index is 2.03. The molecule has 1 aliphatic rings. The van der Waals surface area contributed by atoms with Crippen molar-refractivity contribution in [2.24, 2.45) is 0 Å². The van der Waals surface area contributed by atoms with E-state index in [-0.39, 0.29) is 12.1 Å². The zero-order chi connectivity index (χ0) is 12.1. The summed E-state index contributed by atoms with van der Waals surface area (Å²) < 4.78 is 5.14. The monoisotopic (exact) mass is 251 g/mol. The van der Waals surface area contributed by atoms with Gasteiger partial charge in [0.05, 0.1) is 6.04 Å². The number of carbonyl (C=O) groups excluding carboxylic acids is 1. The summed E-state index contributed by atoms with van der Waals surface area (Å²) >= 11 is 1.80. The second kappa shape index (κ2) is 5.96. The van der Waals surface area contributed by atoms with Crippen molar-refractivity contribution in [2.75, 3.05) is 25.2 Å². The van der Waals surface area contributed by atoms with Gasteiger partial charge in [-0.2, -0.15) is 11.8 Å². The molecule has 4 heteroatoms. The Kier molecular flexibility index (Phi) is 4.31. The van der Waals surface area contributed by atoms with E-state index in [0.717, 1.165) is 24.3 Å². The van der Waals surface area contributed by atoms with Gasteiger partial charge in [-0.15, -0.1) is 0 Å². The van der Waals surface area contributed by atoms with Crippen LogP contribution in [0, 0.1) is 0 Å². The van der Waals surface area contributed by atoms with Gasteiger partial charge in [-0.1, -0.05) is 30.3 Å². The maximum Gasteiger partial charge on any atom is 0.410 e. The molecule has 0 aliphatic carbocycles. The van der Waals surface area contributed by atoms with E-state index >= 15 is 0 Å². The first-order valence-corrected chi connectivity index (χ1v) is 7.19. The third-order valence-corrected chi connectivity index (χ3v) is 3.60. The van der Waals surface area contributed by atoms with E-state index in [1.165, 1.54) is 0 Å². The molecule has 92 valence electrons. The molecule has 1 atom stereocenters. The minimum Gasteiger partial charge on any atom is -0.447 e. The van der Waals surface area contributed by atoms with Gasteiger partial charge in [-0.05, 0) is 24.0 Å². The van der Waals surface area contributed by atoms with Gasteiger partial charge < -0.3 is 4.74 Å². The van der Waals surface area contributed by atoms with Crippen molar-refractivity contribution in [3.8, 4) is 0 Å². The Labute approximate surface area is 106 Å². The highest BCUT2D eigenvalue weighted by Crippen LogP contribution is 2.27. The predicted molar refractivity (Wildman–Crippen MR) is 70.2 cm³/mol. The number of rotatable bonds is 5. The lowest BCUT2D eigenvalue weighted by Crippen LogP contribution is -2.29. The fourth-order valence-corrected chi connectivity index (χ4v) is 2.45. The first-order chi connectivity index (χ1) is 8.33. The van der Waals surface area contributed by atoms with Crippen molar-refractivity contribution in [3.63, 3.8) is 0 Å². The lowest BCUT2D eigenvalue weighted by atomic mass is 10.1. The van der Waals surface area contributed by atoms with Crippen molar-refractivity contribution in [2.45, 2.75) is 12.5 Å². The van der Waals surface area contributed by atoms with E-state index < -0.39 is 0 Å². The van der Waals surface area contributed by atoms with Crippen molar-refractivity contribution >= 4 is 17.9 Å². The fourth-order valence-electron chi connectivity index (χ4n) is 2.03. The SMILES string of the molecule is CSCCCN1C(=O)OC[C@@H]1c1ccccc1. The molecular formula is C13H17NO2S. The number of ether oxygens (including phenoxy) is 1. The molecular weight excluding hydrogens is 234 g/mol. The number of amides is 1. The van der Waals surface area contributed by atoms with Crippen molar-refractivity contribution in [1.29, 1.82) is 0 Å². The van der Waals surface area contributed by atoms with Crippen molar-refractivity contribution in [1.82, 2.24) is 4.90 Å². The summed E-state index contributed by atoms with van der Waals surface area (Å²) in [6.45, 7) is 1.25. The fraction of sp³-hybridized carbons (Fsp3) is 0.462. The van der Waals surface area contributed by atoms with Crippen molar-refractivity contribution in [3.05, 3.63) is 35.9 Å². The topological polar surface area (TPSA) is 29.5 Å². The quantitative estimate of drug-likeness (QED) is 0.754. The third-order valence-electron chi connectivity index (χ3n) is 2.91. The van der Waals surface area contributed by atoms with Crippen LogP contribution >= 0.6 is 11.8 Å². The standard InChI is InChI=1S/C13H17NO2S/c1-17-9-5-8-14-12(10-16-13(14)15)11-6-3-2-4-7-11/h2-4,6-7,12H,5,8-10H2,1H3/t12-/m1/s1. The van der Waals surface area contributed by atoms with Crippen LogP contribution in [0.25, 0.3) is 0 Å². The minimum absolute atomic E-state index is 0.0885. The van der Waals surface area contributed by atoms with Gasteiger partial charge in [0, 0.05) is 6.54 Å². The molecule has 1 heterocycles. The van der Waals surface area contributed by atoms with Crippen LogP contribution in [-0.4, -0.2) is 36.2 Å². The molecule has 1 amide bonds. The Morgan fingerprint density at radius 2 is 2.18 bits per heavy atom. The normalized spacial score (nSPS) is 19.5. The summed E-state index contributed by atoms with van der Waals surface area (Å²) in [5.41, 5.74) is 1.16. The highest BCUT2D eigenvalue weighted by Gasteiger charge is 2.33. The Morgan fingerprint density at radius 3 is 2.88 bits per heavy atom. The molecule has 3 nitrogen and oxygen atoms in total. The summed E-state index contributed by atoms with van der Waals surface area (Å²) in [5, 5.41) is 0. The Morgan fingerprint density at radius 1 is 1.41 bits per heavy atom. The van der Waals surface area contributed by atoms with E-state index in [1.54, 1.807) is 11.8 Å². The molecule has 1 aromatic carbocycles. The van der Waals surface area contributed by atoms with Crippen LogP contribution in [0.15, 0.2) is 30.3 Å². The zero-order valence-corrected chi connectivity index (χ0v) is 10.8. The van der Waals surface area contributed by atoms with E-state index in [1.807, 2.05) is 35.2 Å². The molecule has 0 radical (unpaired) electrons. The number of benzene rings is 1. The molecule has 1 saturated heterocycles.